The number of aromatic nitrogens is 2. The molecule has 0 spiro atoms. The van der Waals surface area contributed by atoms with E-state index < -0.39 is 0 Å². The van der Waals surface area contributed by atoms with Gasteiger partial charge in [0.1, 0.15) is 22.5 Å². The number of phenolic OH excluding ortho intramolecular Hbond substituents is 1. The molecule has 126 valence electrons. The van der Waals surface area contributed by atoms with Crippen LogP contribution in [-0.2, 0) is 6.54 Å². The molecule has 4 aromatic rings. The van der Waals surface area contributed by atoms with Gasteiger partial charge in [-0.05, 0) is 23.0 Å². The first kappa shape index (κ1) is 15.8. The second-order valence-electron chi connectivity index (χ2n) is 5.95. The summed E-state index contributed by atoms with van der Waals surface area (Å²) < 4.78 is 2.01. The number of fused-ring (bicyclic) bond motifs is 2. The number of rotatable bonds is 5. The number of imidazole rings is 1. The Bertz CT molecular complexity index is 1070. The van der Waals surface area contributed by atoms with Crippen LogP contribution in [0.25, 0.3) is 32.5 Å². The molecule has 2 aromatic carbocycles. The van der Waals surface area contributed by atoms with Crippen LogP contribution in [0.3, 0.4) is 0 Å². The van der Waals surface area contributed by atoms with Gasteiger partial charge in [-0.1, -0.05) is 43.7 Å². The van der Waals surface area contributed by atoms with Crippen LogP contribution < -0.4 is 0 Å². The molecule has 2 aromatic heterocycles. The van der Waals surface area contributed by atoms with Gasteiger partial charge in [-0.3, -0.25) is 0 Å². The molecular formula is C19H17N3O2S. The first-order valence-electron chi connectivity index (χ1n) is 8.27. The lowest BCUT2D eigenvalue weighted by molar-refractivity contribution is 0.483. The Morgan fingerprint density at radius 2 is 2.00 bits per heavy atom. The SMILES string of the molecule is CCCCn1c(-c2cccs2)nc2c(N=O)c3ccccc3c(O)c21. The summed E-state index contributed by atoms with van der Waals surface area (Å²) in [6, 6.07) is 11.2. The Morgan fingerprint density at radius 1 is 1.20 bits per heavy atom. The van der Waals surface area contributed by atoms with E-state index in [1.54, 1.807) is 23.5 Å². The van der Waals surface area contributed by atoms with E-state index in [1.165, 1.54) is 0 Å². The van der Waals surface area contributed by atoms with Gasteiger partial charge in [0.15, 0.2) is 5.82 Å². The zero-order valence-corrected chi connectivity index (χ0v) is 14.6. The van der Waals surface area contributed by atoms with E-state index in [4.69, 9.17) is 4.98 Å². The van der Waals surface area contributed by atoms with Crippen LogP contribution in [0.4, 0.5) is 5.69 Å². The third kappa shape index (κ3) is 2.41. The van der Waals surface area contributed by atoms with Crippen molar-refractivity contribution in [2.24, 2.45) is 5.18 Å². The van der Waals surface area contributed by atoms with Crippen LogP contribution in [0.1, 0.15) is 19.8 Å². The molecular weight excluding hydrogens is 334 g/mol. The number of phenols is 1. The third-order valence-corrected chi connectivity index (χ3v) is 5.29. The molecule has 0 amide bonds. The fourth-order valence-electron chi connectivity index (χ4n) is 3.23. The topological polar surface area (TPSA) is 67.5 Å². The van der Waals surface area contributed by atoms with Crippen LogP contribution in [0, 0.1) is 4.91 Å². The van der Waals surface area contributed by atoms with Gasteiger partial charge in [0.25, 0.3) is 0 Å². The number of aromatic hydroxyl groups is 1. The Kier molecular flexibility index (Phi) is 3.97. The smallest absolute Gasteiger partial charge is 0.151 e. The van der Waals surface area contributed by atoms with E-state index in [-0.39, 0.29) is 11.4 Å². The molecule has 0 bridgehead atoms. The van der Waals surface area contributed by atoms with Gasteiger partial charge >= 0.3 is 0 Å². The van der Waals surface area contributed by atoms with E-state index in [9.17, 15) is 10.0 Å². The molecule has 0 fully saturated rings. The molecule has 0 saturated heterocycles. The molecule has 0 aliphatic rings. The van der Waals surface area contributed by atoms with Crippen molar-refractivity contribution in [3.05, 3.63) is 46.7 Å². The quantitative estimate of drug-likeness (QED) is 0.461. The zero-order valence-electron chi connectivity index (χ0n) is 13.8. The Morgan fingerprint density at radius 3 is 2.68 bits per heavy atom. The summed E-state index contributed by atoms with van der Waals surface area (Å²) in [6.45, 7) is 2.85. The molecule has 1 N–H and O–H groups in total. The second-order valence-corrected chi connectivity index (χ2v) is 6.90. The van der Waals surface area contributed by atoms with Crippen molar-refractivity contribution in [3.8, 4) is 16.5 Å². The first-order chi connectivity index (χ1) is 12.3. The molecule has 0 saturated carbocycles. The minimum absolute atomic E-state index is 0.157. The molecule has 5 nitrogen and oxygen atoms in total. The standard InChI is InChI=1S/C19H17N3O2S/c1-2-3-10-22-17-16(20-19(22)14-9-6-11-25-14)15(21-24)12-7-4-5-8-13(12)18(17)23/h4-9,11,23H,2-3,10H2,1H3. The van der Waals surface area contributed by atoms with Gasteiger partial charge in [-0.2, -0.15) is 0 Å². The molecule has 6 heteroatoms. The Hall–Kier alpha value is -2.73. The minimum atomic E-state index is 0.157. The number of hydrogen-bond acceptors (Lipinski definition) is 5. The number of aryl methyl sites for hydroxylation is 1. The van der Waals surface area contributed by atoms with Crippen LogP contribution in [0.15, 0.2) is 47.0 Å². The predicted molar refractivity (Wildman–Crippen MR) is 103 cm³/mol. The maximum atomic E-state index is 11.6. The van der Waals surface area contributed by atoms with E-state index in [0.717, 1.165) is 30.1 Å². The average molecular weight is 351 g/mol. The van der Waals surface area contributed by atoms with Crippen molar-refractivity contribution in [1.82, 2.24) is 9.55 Å². The Balaban J connectivity index is 2.15. The number of unbranched alkanes of at least 4 members (excludes halogenated alkanes) is 1. The van der Waals surface area contributed by atoms with Crippen LogP contribution >= 0.6 is 11.3 Å². The van der Waals surface area contributed by atoms with E-state index in [1.807, 2.05) is 34.2 Å². The van der Waals surface area contributed by atoms with Crippen molar-refractivity contribution < 1.29 is 5.11 Å². The van der Waals surface area contributed by atoms with E-state index in [2.05, 4.69) is 12.1 Å². The highest BCUT2D eigenvalue weighted by Crippen LogP contribution is 2.43. The molecule has 4 rings (SSSR count). The van der Waals surface area contributed by atoms with Crippen molar-refractivity contribution in [2.45, 2.75) is 26.3 Å². The van der Waals surface area contributed by atoms with Crippen LogP contribution in [0.5, 0.6) is 5.75 Å². The highest BCUT2D eigenvalue weighted by molar-refractivity contribution is 7.13. The number of nitrogens with zero attached hydrogens (tertiary/aromatic N) is 3. The largest absolute Gasteiger partial charge is 0.505 e. The lowest BCUT2D eigenvalue weighted by Crippen LogP contribution is -2.00. The number of nitroso groups, excluding NO2 is 1. The van der Waals surface area contributed by atoms with E-state index in [0.29, 0.717) is 21.8 Å². The maximum Gasteiger partial charge on any atom is 0.151 e. The monoisotopic (exact) mass is 351 g/mol. The summed E-state index contributed by atoms with van der Waals surface area (Å²) in [4.78, 5) is 17.3. The second kappa shape index (κ2) is 6.29. The normalized spacial score (nSPS) is 11.4. The summed E-state index contributed by atoms with van der Waals surface area (Å²) in [7, 11) is 0. The molecule has 0 atom stereocenters. The van der Waals surface area contributed by atoms with Gasteiger partial charge in [-0.15, -0.1) is 16.2 Å². The fraction of sp³-hybridized carbons (Fsp3) is 0.211. The molecule has 0 aliphatic carbocycles. The molecule has 25 heavy (non-hydrogen) atoms. The molecule has 0 radical (unpaired) electrons. The first-order valence-corrected chi connectivity index (χ1v) is 9.15. The molecule has 2 heterocycles. The highest BCUT2D eigenvalue weighted by Gasteiger charge is 2.22. The van der Waals surface area contributed by atoms with Crippen molar-refractivity contribution in [2.75, 3.05) is 0 Å². The zero-order chi connectivity index (χ0) is 17.4. The van der Waals surface area contributed by atoms with Crippen LogP contribution in [-0.4, -0.2) is 14.7 Å². The summed E-state index contributed by atoms with van der Waals surface area (Å²) in [5.41, 5.74) is 1.34. The predicted octanol–water partition coefficient (Wildman–Crippen LogP) is 5.82. The number of thiophene rings is 1. The average Bonchev–Trinajstić information content (AvgIpc) is 3.28. The fourth-order valence-corrected chi connectivity index (χ4v) is 3.95. The summed E-state index contributed by atoms with van der Waals surface area (Å²) >= 11 is 1.59. The van der Waals surface area contributed by atoms with Gasteiger partial charge in [-0.25, -0.2) is 4.98 Å². The number of hydrogen-bond donors (Lipinski definition) is 1. The maximum absolute atomic E-state index is 11.6. The van der Waals surface area contributed by atoms with E-state index >= 15 is 0 Å². The van der Waals surface area contributed by atoms with Gasteiger partial charge < -0.3 is 9.67 Å². The van der Waals surface area contributed by atoms with Crippen molar-refractivity contribution >= 4 is 38.8 Å². The van der Waals surface area contributed by atoms with Crippen molar-refractivity contribution in [3.63, 3.8) is 0 Å². The summed E-state index contributed by atoms with van der Waals surface area (Å²) in [5.74, 6) is 0.929. The van der Waals surface area contributed by atoms with Gasteiger partial charge in [0.05, 0.1) is 4.88 Å². The third-order valence-electron chi connectivity index (χ3n) is 4.42. The van der Waals surface area contributed by atoms with Gasteiger partial charge in [0, 0.05) is 17.3 Å². The lowest BCUT2D eigenvalue weighted by Gasteiger charge is -2.10. The summed E-state index contributed by atoms with van der Waals surface area (Å²) in [5, 5.41) is 17.4. The minimum Gasteiger partial charge on any atom is -0.505 e. The highest BCUT2D eigenvalue weighted by atomic mass is 32.1. The van der Waals surface area contributed by atoms with Crippen molar-refractivity contribution in [1.29, 1.82) is 0 Å². The summed E-state index contributed by atoms with van der Waals surface area (Å²) in [6.07, 6.45) is 1.98. The number of benzene rings is 2. The Labute approximate surface area is 148 Å². The lowest BCUT2D eigenvalue weighted by atomic mass is 10.1. The van der Waals surface area contributed by atoms with Gasteiger partial charge in [0.2, 0.25) is 0 Å². The van der Waals surface area contributed by atoms with Crippen LogP contribution in [0.2, 0.25) is 0 Å². The molecule has 0 unspecified atom stereocenters. The molecule has 0 aliphatic heterocycles.